The molecule has 0 saturated carbocycles. The molecule has 2 aromatic heterocycles. The molecule has 0 aliphatic carbocycles. The van der Waals surface area contributed by atoms with Gasteiger partial charge in [-0.3, -0.25) is 0 Å². The van der Waals surface area contributed by atoms with Crippen LogP contribution in [0.2, 0.25) is 5.02 Å². The van der Waals surface area contributed by atoms with Crippen molar-refractivity contribution < 1.29 is 13.9 Å². The molecule has 4 aromatic rings. The Kier molecular flexibility index (Phi) is 4.14. The second-order valence-corrected chi connectivity index (χ2v) is 6.62. The maximum absolute atomic E-state index is 13.8. The van der Waals surface area contributed by atoms with Gasteiger partial charge in [-0.1, -0.05) is 11.6 Å². The predicted octanol–water partition coefficient (Wildman–Crippen LogP) is 6.34. The quantitative estimate of drug-likeness (QED) is 0.400. The lowest BCUT2D eigenvalue weighted by atomic mass is 10.1. The summed E-state index contributed by atoms with van der Waals surface area (Å²) in [5.74, 6) is -1.51. The Morgan fingerprint density at radius 1 is 1.12 bits per heavy atom. The number of rotatable bonds is 3. The van der Waals surface area contributed by atoms with Gasteiger partial charge in [0.25, 0.3) is 0 Å². The van der Waals surface area contributed by atoms with E-state index >= 15 is 0 Å². The maximum Gasteiger partial charge on any atom is 0.230 e. The average molecular weight is 391 g/mol. The van der Waals surface area contributed by atoms with Crippen LogP contribution >= 0.6 is 22.9 Å². The molecule has 5 nitrogen and oxygen atoms in total. The molecule has 0 spiro atoms. The van der Waals surface area contributed by atoms with E-state index in [9.17, 15) is 13.9 Å². The number of benzene rings is 2. The second kappa shape index (κ2) is 6.47. The molecule has 0 fully saturated rings. The van der Waals surface area contributed by atoms with Crippen LogP contribution in [0.3, 0.4) is 0 Å². The third-order valence-electron chi connectivity index (χ3n) is 3.65. The van der Waals surface area contributed by atoms with Crippen LogP contribution in [0.4, 0.5) is 19.6 Å². The fourth-order valence-electron chi connectivity index (χ4n) is 2.46. The summed E-state index contributed by atoms with van der Waals surface area (Å²) in [6.45, 7) is 0. The van der Waals surface area contributed by atoms with Crippen LogP contribution in [-0.2, 0) is 0 Å². The SMILES string of the molecule is Oc1[nH]c2ccc(Cl)cc2c1N=Nc1nc(-c2ccc(F)cc2F)cs1. The Bertz CT molecular complexity index is 1160. The smallest absolute Gasteiger partial charge is 0.230 e. The van der Waals surface area contributed by atoms with E-state index in [0.717, 1.165) is 23.5 Å². The van der Waals surface area contributed by atoms with Crippen LogP contribution in [0, 0.1) is 11.6 Å². The molecule has 0 saturated heterocycles. The van der Waals surface area contributed by atoms with E-state index in [1.54, 1.807) is 23.6 Å². The molecule has 130 valence electrons. The van der Waals surface area contributed by atoms with Gasteiger partial charge < -0.3 is 10.1 Å². The standard InChI is InChI=1S/C17H9ClF2N4OS/c18-8-1-4-13-11(5-8)15(16(25)21-13)23-24-17-22-14(7-26-17)10-3-2-9(19)6-12(10)20/h1-7,21,25H. The number of aromatic hydroxyl groups is 1. The topological polar surface area (TPSA) is 73.6 Å². The van der Waals surface area contributed by atoms with Crippen LogP contribution in [0.1, 0.15) is 0 Å². The summed E-state index contributed by atoms with van der Waals surface area (Å²) < 4.78 is 26.9. The molecule has 0 bridgehead atoms. The van der Waals surface area contributed by atoms with Gasteiger partial charge in [0.05, 0.1) is 11.2 Å². The zero-order valence-electron chi connectivity index (χ0n) is 12.9. The van der Waals surface area contributed by atoms with E-state index in [-0.39, 0.29) is 22.3 Å². The fraction of sp³-hybridized carbons (Fsp3) is 0. The summed E-state index contributed by atoms with van der Waals surface area (Å²) in [5, 5.41) is 21.0. The van der Waals surface area contributed by atoms with Gasteiger partial charge in [-0.15, -0.1) is 21.6 Å². The van der Waals surface area contributed by atoms with Gasteiger partial charge in [-0.2, -0.15) is 0 Å². The molecule has 9 heteroatoms. The van der Waals surface area contributed by atoms with E-state index < -0.39 is 11.6 Å². The van der Waals surface area contributed by atoms with Gasteiger partial charge in [0.2, 0.25) is 11.0 Å². The summed E-state index contributed by atoms with van der Waals surface area (Å²) in [6, 6.07) is 8.33. The van der Waals surface area contributed by atoms with E-state index in [0.29, 0.717) is 21.6 Å². The molecule has 2 aromatic carbocycles. The van der Waals surface area contributed by atoms with Crippen LogP contribution in [0.15, 0.2) is 52.0 Å². The van der Waals surface area contributed by atoms with Crippen molar-refractivity contribution in [1.29, 1.82) is 0 Å². The Morgan fingerprint density at radius 3 is 2.77 bits per heavy atom. The van der Waals surface area contributed by atoms with E-state index in [4.69, 9.17) is 11.6 Å². The van der Waals surface area contributed by atoms with E-state index in [1.807, 2.05) is 0 Å². The molecule has 0 unspecified atom stereocenters. The Labute approximate surface area is 154 Å². The molecule has 4 rings (SSSR count). The monoisotopic (exact) mass is 390 g/mol. The van der Waals surface area contributed by atoms with Crippen LogP contribution in [0.25, 0.3) is 22.2 Å². The minimum atomic E-state index is -0.706. The van der Waals surface area contributed by atoms with Crippen molar-refractivity contribution >= 4 is 44.7 Å². The second-order valence-electron chi connectivity index (χ2n) is 5.35. The number of halogens is 3. The predicted molar refractivity (Wildman–Crippen MR) is 96.6 cm³/mol. The number of H-pyrrole nitrogens is 1. The van der Waals surface area contributed by atoms with Crippen molar-refractivity contribution in [3.05, 3.63) is 58.4 Å². The first kappa shape index (κ1) is 16.6. The van der Waals surface area contributed by atoms with Gasteiger partial charge >= 0.3 is 0 Å². The Hall–Kier alpha value is -2.84. The Morgan fingerprint density at radius 2 is 1.96 bits per heavy atom. The number of hydrogen-bond acceptors (Lipinski definition) is 5. The molecule has 0 radical (unpaired) electrons. The van der Waals surface area contributed by atoms with Crippen molar-refractivity contribution in [2.24, 2.45) is 10.2 Å². The molecule has 2 heterocycles. The first-order valence-electron chi connectivity index (χ1n) is 7.34. The lowest BCUT2D eigenvalue weighted by Gasteiger charge is -1.98. The molecule has 0 aliphatic rings. The highest BCUT2D eigenvalue weighted by molar-refractivity contribution is 7.13. The van der Waals surface area contributed by atoms with Crippen molar-refractivity contribution in [2.45, 2.75) is 0 Å². The number of nitrogens with one attached hydrogen (secondary N) is 1. The lowest BCUT2D eigenvalue weighted by Crippen LogP contribution is -1.85. The third-order valence-corrected chi connectivity index (χ3v) is 4.61. The number of hydrogen-bond donors (Lipinski definition) is 2. The number of thiazole rings is 1. The number of nitrogens with zero attached hydrogens (tertiary/aromatic N) is 3. The minimum Gasteiger partial charge on any atom is -0.493 e. The zero-order chi connectivity index (χ0) is 18.3. The summed E-state index contributed by atoms with van der Waals surface area (Å²) in [5.41, 5.74) is 1.39. The summed E-state index contributed by atoms with van der Waals surface area (Å²) in [4.78, 5) is 6.95. The highest BCUT2D eigenvalue weighted by atomic mass is 35.5. The highest BCUT2D eigenvalue weighted by Gasteiger charge is 2.13. The van der Waals surface area contributed by atoms with Crippen molar-refractivity contribution in [2.75, 3.05) is 0 Å². The molecule has 0 atom stereocenters. The first-order chi connectivity index (χ1) is 12.5. The number of aromatic amines is 1. The molecule has 26 heavy (non-hydrogen) atoms. The number of aromatic nitrogens is 2. The van der Waals surface area contributed by atoms with Gasteiger partial charge in [0.15, 0.2) is 5.69 Å². The van der Waals surface area contributed by atoms with E-state index in [2.05, 4.69) is 20.2 Å². The van der Waals surface area contributed by atoms with Crippen molar-refractivity contribution in [1.82, 2.24) is 9.97 Å². The maximum atomic E-state index is 13.8. The summed E-state index contributed by atoms with van der Waals surface area (Å²) >= 11 is 7.12. The normalized spacial score (nSPS) is 11.7. The van der Waals surface area contributed by atoms with Crippen LogP contribution in [0.5, 0.6) is 5.88 Å². The summed E-state index contributed by atoms with van der Waals surface area (Å²) in [7, 11) is 0. The van der Waals surface area contributed by atoms with Gasteiger partial charge in [-0.25, -0.2) is 13.8 Å². The number of fused-ring (bicyclic) bond motifs is 1. The third kappa shape index (κ3) is 3.04. The van der Waals surface area contributed by atoms with Gasteiger partial charge in [-0.05, 0) is 30.3 Å². The fourth-order valence-corrected chi connectivity index (χ4v) is 3.27. The summed E-state index contributed by atoms with van der Waals surface area (Å²) in [6.07, 6.45) is 0. The largest absolute Gasteiger partial charge is 0.493 e. The first-order valence-corrected chi connectivity index (χ1v) is 8.60. The van der Waals surface area contributed by atoms with Crippen LogP contribution in [-0.4, -0.2) is 15.1 Å². The molecule has 2 N–H and O–H groups in total. The molecule has 0 amide bonds. The average Bonchev–Trinajstić information content (AvgIpc) is 3.17. The van der Waals surface area contributed by atoms with Crippen LogP contribution < -0.4 is 0 Å². The van der Waals surface area contributed by atoms with Crippen molar-refractivity contribution in [3.63, 3.8) is 0 Å². The molecular formula is C17H9ClF2N4OS. The minimum absolute atomic E-state index is 0.146. The highest BCUT2D eigenvalue weighted by Crippen LogP contribution is 2.38. The number of azo groups is 1. The zero-order valence-corrected chi connectivity index (χ0v) is 14.4. The Balaban J connectivity index is 1.67. The van der Waals surface area contributed by atoms with Gasteiger partial charge in [0.1, 0.15) is 11.6 Å². The molecular weight excluding hydrogens is 382 g/mol. The molecule has 0 aliphatic heterocycles. The lowest BCUT2D eigenvalue weighted by molar-refractivity contribution is 0.459. The van der Waals surface area contributed by atoms with E-state index in [1.165, 1.54) is 6.07 Å². The van der Waals surface area contributed by atoms with Gasteiger partial charge in [0, 0.05) is 27.4 Å². The van der Waals surface area contributed by atoms with Crippen molar-refractivity contribution in [3.8, 4) is 17.1 Å².